The number of amides is 1. The van der Waals surface area contributed by atoms with E-state index in [9.17, 15) is 13.2 Å². The molecular weight excluding hydrogens is 278 g/mol. The Labute approximate surface area is 119 Å². The van der Waals surface area contributed by atoms with Crippen molar-refractivity contribution >= 4 is 15.9 Å². The zero-order valence-corrected chi connectivity index (χ0v) is 12.5. The maximum Gasteiger partial charge on any atom is 0.238 e. The third kappa shape index (κ3) is 5.68. The first-order valence-corrected chi connectivity index (χ1v) is 7.99. The van der Waals surface area contributed by atoms with Gasteiger partial charge in [-0.1, -0.05) is 19.1 Å². The quantitative estimate of drug-likeness (QED) is 0.675. The van der Waals surface area contributed by atoms with Crippen molar-refractivity contribution in [3.8, 4) is 0 Å². The monoisotopic (exact) mass is 299 g/mol. The molecule has 0 saturated heterocycles. The predicted octanol–water partition coefficient (Wildman–Crippen LogP) is 0.338. The van der Waals surface area contributed by atoms with Gasteiger partial charge in [0.25, 0.3) is 0 Å². The first kappa shape index (κ1) is 16.6. The second-order valence-corrected chi connectivity index (χ2v) is 6.19. The Morgan fingerprint density at radius 1 is 1.40 bits per heavy atom. The lowest BCUT2D eigenvalue weighted by Gasteiger charge is -2.12. The Morgan fingerprint density at radius 2 is 2.10 bits per heavy atom. The molecule has 4 N–H and O–H groups in total. The number of carbonyl (C=O) groups is 1. The van der Waals surface area contributed by atoms with Crippen LogP contribution >= 0.6 is 0 Å². The molecule has 0 fully saturated rings. The summed E-state index contributed by atoms with van der Waals surface area (Å²) in [5, 5.41) is 11.0. The fourth-order valence-electron chi connectivity index (χ4n) is 1.80. The summed E-state index contributed by atoms with van der Waals surface area (Å²) in [6, 6.07) is 6.33. The summed E-state index contributed by atoms with van der Waals surface area (Å²) in [5.74, 6) is -0.0838. The van der Waals surface area contributed by atoms with Crippen LogP contribution in [0.1, 0.15) is 25.8 Å². The third-order valence-electron chi connectivity index (χ3n) is 2.76. The third-order valence-corrected chi connectivity index (χ3v) is 3.67. The number of benzene rings is 1. The molecule has 0 aliphatic carbocycles. The average molecular weight is 299 g/mol. The van der Waals surface area contributed by atoms with Gasteiger partial charge in [0.15, 0.2) is 0 Å². The zero-order chi connectivity index (χ0) is 15.2. The number of rotatable bonds is 7. The number of primary sulfonamides is 1. The largest absolute Gasteiger partial charge is 0.352 e. The van der Waals surface area contributed by atoms with Gasteiger partial charge in [0.1, 0.15) is 0 Å². The average Bonchev–Trinajstić information content (AvgIpc) is 2.36. The molecule has 0 saturated carbocycles. The van der Waals surface area contributed by atoms with Crippen molar-refractivity contribution in [2.24, 2.45) is 5.14 Å². The molecule has 0 bridgehead atoms. The highest BCUT2D eigenvalue weighted by Crippen LogP contribution is 2.09. The molecule has 0 radical (unpaired) electrons. The van der Waals surface area contributed by atoms with Gasteiger partial charge in [0.05, 0.1) is 4.90 Å². The molecule has 7 heteroatoms. The highest BCUT2D eigenvalue weighted by atomic mass is 32.2. The van der Waals surface area contributed by atoms with E-state index in [1.807, 2.05) is 13.8 Å². The zero-order valence-electron chi connectivity index (χ0n) is 11.7. The predicted molar refractivity (Wildman–Crippen MR) is 77.4 cm³/mol. The minimum Gasteiger partial charge on any atom is -0.352 e. The molecule has 0 aromatic heterocycles. The Hall–Kier alpha value is -1.44. The van der Waals surface area contributed by atoms with Crippen molar-refractivity contribution in [1.29, 1.82) is 0 Å². The van der Waals surface area contributed by atoms with Crippen molar-refractivity contribution in [1.82, 2.24) is 10.6 Å². The minimum atomic E-state index is -3.71. The molecular formula is C13H21N3O3S. The van der Waals surface area contributed by atoms with Crippen molar-refractivity contribution in [3.63, 3.8) is 0 Å². The number of nitrogens with one attached hydrogen (secondary N) is 2. The standard InChI is InChI=1S/C13H21N3O3S/c1-3-15-10(2)7-13(17)16-9-11-5-4-6-12(8-11)20(14,18)19/h4-6,8,10,15H,3,7,9H2,1-2H3,(H,16,17)(H2,14,18,19). The van der Waals surface area contributed by atoms with Gasteiger partial charge >= 0.3 is 0 Å². The summed E-state index contributed by atoms with van der Waals surface area (Å²) in [6.07, 6.45) is 0.378. The van der Waals surface area contributed by atoms with Crippen molar-refractivity contribution in [2.75, 3.05) is 6.54 Å². The number of nitrogens with two attached hydrogens (primary N) is 1. The van der Waals surface area contributed by atoms with Crippen LogP contribution in [0.25, 0.3) is 0 Å². The van der Waals surface area contributed by atoms with Crippen LogP contribution in [0, 0.1) is 0 Å². The van der Waals surface area contributed by atoms with E-state index < -0.39 is 10.0 Å². The molecule has 1 atom stereocenters. The lowest BCUT2D eigenvalue weighted by atomic mass is 10.2. The summed E-state index contributed by atoms with van der Waals surface area (Å²) in [4.78, 5) is 11.7. The van der Waals surface area contributed by atoms with Gasteiger partial charge in [-0.3, -0.25) is 4.79 Å². The summed E-state index contributed by atoms with van der Waals surface area (Å²) in [7, 11) is -3.71. The Bertz CT molecular complexity index is 558. The normalized spacial score (nSPS) is 12.9. The molecule has 6 nitrogen and oxygen atoms in total. The molecule has 0 aliphatic heterocycles. The lowest BCUT2D eigenvalue weighted by molar-refractivity contribution is -0.121. The number of carbonyl (C=O) groups excluding carboxylic acids is 1. The molecule has 1 amide bonds. The molecule has 112 valence electrons. The van der Waals surface area contributed by atoms with Gasteiger partial charge in [-0.2, -0.15) is 0 Å². The van der Waals surface area contributed by atoms with Crippen LogP contribution in [0.5, 0.6) is 0 Å². The van der Waals surface area contributed by atoms with Crippen molar-refractivity contribution < 1.29 is 13.2 Å². The Kier molecular flexibility index (Phi) is 6.12. The first-order chi connectivity index (χ1) is 9.32. The molecule has 0 heterocycles. The van der Waals surface area contributed by atoms with E-state index in [0.717, 1.165) is 6.54 Å². The van der Waals surface area contributed by atoms with Gasteiger partial charge < -0.3 is 10.6 Å². The molecule has 1 unspecified atom stereocenters. The van der Waals surface area contributed by atoms with Crippen LogP contribution in [0.2, 0.25) is 0 Å². The smallest absolute Gasteiger partial charge is 0.238 e. The van der Waals surface area contributed by atoms with Gasteiger partial charge in [-0.15, -0.1) is 0 Å². The number of hydrogen-bond donors (Lipinski definition) is 3. The fraction of sp³-hybridized carbons (Fsp3) is 0.462. The Balaban J connectivity index is 2.56. The van der Waals surface area contributed by atoms with Crippen LogP contribution in [0.15, 0.2) is 29.2 Å². The van der Waals surface area contributed by atoms with E-state index in [2.05, 4.69) is 10.6 Å². The second-order valence-electron chi connectivity index (χ2n) is 4.63. The van der Waals surface area contributed by atoms with E-state index in [-0.39, 0.29) is 23.4 Å². The molecule has 1 aromatic rings. The van der Waals surface area contributed by atoms with E-state index in [4.69, 9.17) is 5.14 Å². The van der Waals surface area contributed by atoms with Crippen LogP contribution in [0.4, 0.5) is 0 Å². The van der Waals surface area contributed by atoms with E-state index >= 15 is 0 Å². The maximum absolute atomic E-state index is 11.7. The second kappa shape index (κ2) is 7.37. The highest BCUT2D eigenvalue weighted by molar-refractivity contribution is 7.89. The van der Waals surface area contributed by atoms with Gasteiger partial charge in [-0.25, -0.2) is 13.6 Å². The van der Waals surface area contributed by atoms with Crippen LogP contribution in [0.3, 0.4) is 0 Å². The molecule has 0 spiro atoms. The molecule has 20 heavy (non-hydrogen) atoms. The molecule has 0 aliphatic rings. The van der Waals surface area contributed by atoms with Crippen LogP contribution < -0.4 is 15.8 Å². The summed E-state index contributed by atoms with van der Waals surface area (Å²) in [5.41, 5.74) is 0.695. The number of sulfonamides is 1. The lowest BCUT2D eigenvalue weighted by Crippen LogP contribution is -2.33. The number of hydrogen-bond acceptors (Lipinski definition) is 4. The van der Waals surface area contributed by atoms with Gasteiger partial charge in [0.2, 0.25) is 15.9 Å². The van der Waals surface area contributed by atoms with E-state index in [1.54, 1.807) is 12.1 Å². The van der Waals surface area contributed by atoms with Crippen molar-refractivity contribution in [2.45, 2.75) is 37.8 Å². The summed E-state index contributed by atoms with van der Waals surface area (Å²) in [6.45, 7) is 5.00. The summed E-state index contributed by atoms with van der Waals surface area (Å²) < 4.78 is 22.4. The van der Waals surface area contributed by atoms with Crippen LogP contribution in [-0.4, -0.2) is 26.9 Å². The van der Waals surface area contributed by atoms with E-state index in [1.165, 1.54) is 12.1 Å². The van der Waals surface area contributed by atoms with Crippen molar-refractivity contribution in [3.05, 3.63) is 29.8 Å². The Morgan fingerprint density at radius 3 is 2.70 bits per heavy atom. The van der Waals surface area contributed by atoms with Gasteiger partial charge in [0, 0.05) is 19.0 Å². The van der Waals surface area contributed by atoms with Crippen LogP contribution in [-0.2, 0) is 21.4 Å². The molecule has 1 aromatic carbocycles. The van der Waals surface area contributed by atoms with Gasteiger partial charge in [-0.05, 0) is 31.2 Å². The SMILES string of the molecule is CCNC(C)CC(=O)NCc1cccc(S(N)(=O)=O)c1. The maximum atomic E-state index is 11.7. The fourth-order valence-corrected chi connectivity index (χ4v) is 2.39. The molecule has 1 rings (SSSR count). The topological polar surface area (TPSA) is 101 Å². The minimum absolute atomic E-state index is 0.0465. The van der Waals surface area contributed by atoms with E-state index in [0.29, 0.717) is 12.0 Å². The first-order valence-electron chi connectivity index (χ1n) is 6.44. The summed E-state index contributed by atoms with van der Waals surface area (Å²) >= 11 is 0. The highest BCUT2D eigenvalue weighted by Gasteiger charge is 2.10.